The van der Waals surface area contributed by atoms with Gasteiger partial charge in [0.05, 0.1) is 4.90 Å². The number of benzene rings is 1. The molecule has 150 valence electrons. The van der Waals surface area contributed by atoms with Crippen LogP contribution in [0.15, 0.2) is 52.8 Å². The average Bonchev–Trinajstić information content (AvgIpc) is 3.05. The number of halogens is 3. The van der Waals surface area contributed by atoms with E-state index in [0.717, 1.165) is 0 Å². The second kappa shape index (κ2) is 8.37. The molecule has 0 saturated heterocycles. The lowest BCUT2D eigenvalue weighted by Gasteiger charge is -2.03. The number of hydrogen-bond acceptors (Lipinski definition) is 8. The van der Waals surface area contributed by atoms with Crippen LogP contribution in [0.4, 0.5) is 11.5 Å². The molecule has 1 aromatic carbocycles. The number of rotatable bonds is 2. The minimum absolute atomic E-state index is 0.00810. The van der Waals surface area contributed by atoms with Gasteiger partial charge in [-0.3, -0.25) is 0 Å². The Kier molecular flexibility index (Phi) is 6.08. The zero-order valence-electron chi connectivity index (χ0n) is 14.3. The number of aromatic amines is 1. The van der Waals surface area contributed by atoms with E-state index in [1.807, 2.05) is 0 Å². The normalized spacial score (nSPS) is 11.1. The summed E-state index contributed by atoms with van der Waals surface area (Å²) >= 11 is 16.8. The van der Waals surface area contributed by atoms with E-state index in [0.29, 0.717) is 5.52 Å². The maximum Gasteiger partial charge on any atom is 0.212 e. The first-order valence-electron chi connectivity index (χ1n) is 7.72. The number of hydrogen-bond donors (Lipinski definition) is 3. The Hall–Kier alpha value is -2.66. The van der Waals surface area contributed by atoms with Crippen molar-refractivity contribution in [2.24, 2.45) is 0 Å². The monoisotopic (exact) mass is 471 g/mol. The Balaban J connectivity index is 0.000000224. The summed E-state index contributed by atoms with van der Waals surface area (Å²) in [5.74, 6) is -0.00810. The van der Waals surface area contributed by atoms with Crippen LogP contribution in [0.25, 0.3) is 11.0 Å². The van der Waals surface area contributed by atoms with E-state index in [2.05, 4.69) is 24.9 Å². The number of aromatic nitrogens is 5. The molecule has 5 N–H and O–H groups in total. The quantitative estimate of drug-likeness (QED) is 0.375. The largest absolute Gasteiger partial charge is 0.394 e. The van der Waals surface area contributed by atoms with Gasteiger partial charge in [-0.2, -0.15) is 0 Å². The summed E-state index contributed by atoms with van der Waals surface area (Å²) in [6, 6.07) is 8.00. The van der Waals surface area contributed by atoms with Crippen LogP contribution in [-0.2, 0) is 9.84 Å². The van der Waals surface area contributed by atoms with E-state index in [4.69, 9.17) is 46.3 Å². The summed E-state index contributed by atoms with van der Waals surface area (Å²) < 4.78 is 25.3. The molecular formula is C16H12Cl3N7O2S. The molecule has 0 aliphatic heterocycles. The van der Waals surface area contributed by atoms with Gasteiger partial charge in [0, 0.05) is 0 Å². The fourth-order valence-corrected chi connectivity index (χ4v) is 4.31. The minimum atomic E-state index is -3.77. The van der Waals surface area contributed by atoms with Crippen LogP contribution in [0.2, 0.25) is 15.5 Å². The number of nitrogens with zero attached hydrogens (tertiary/aromatic N) is 4. The summed E-state index contributed by atoms with van der Waals surface area (Å²) in [4.78, 5) is 17.7. The predicted molar refractivity (Wildman–Crippen MR) is 112 cm³/mol. The van der Waals surface area contributed by atoms with Crippen molar-refractivity contribution in [3.8, 4) is 0 Å². The van der Waals surface area contributed by atoms with Crippen molar-refractivity contribution in [1.29, 1.82) is 0 Å². The second-order valence-electron chi connectivity index (χ2n) is 5.44. The van der Waals surface area contributed by atoms with Gasteiger partial charge in [-0.25, -0.2) is 28.4 Å². The maximum absolute atomic E-state index is 12.6. The molecule has 0 amide bonds. The molecule has 13 heteroatoms. The molecule has 4 rings (SSSR count). The van der Waals surface area contributed by atoms with Gasteiger partial charge in [-0.1, -0.05) is 53.0 Å². The zero-order chi connectivity index (χ0) is 21.2. The molecule has 0 saturated carbocycles. The van der Waals surface area contributed by atoms with Crippen LogP contribution in [0.5, 0.6) is 0 Å². The number of fused-ring (bicyclic) bond motifs is 1. The molecule has 3 aromatic heterocycles. The Morgan fingerprint density at radius 2 is 1.38 bits per heavy atom. The van der Waals surface area contributed by atoms with E-state index in [1.165, 1.54) is 24.8 Å². The highest BCUT2D eigenvalue weighted by molar-refractivity contribution is 7.92. The molecule has 0 aliphatic carbocycles. The number of nitrogens with one attached hydrogen (secondary N) is 1. The van der Waals surface area contributed by atoms with E-state index in [-0.39, 0.29) is 42.3 Å². The number of nitrogens with two attached hydrogens (primary N) is 2. The van der Waals surface area contributed by atoms with Crippen molar-refractivity contribution in [3.05, 3.63) is 58.4 Å². The standard InChI is InChI=1S/C12H9ClN4O2S.C4H3Cl2N3/c13-11-9-8(15-6-16-11)10(12(14)17-9)20(18,19)7-4-2-1-3-5-7;5-3-2(7)4(6)9-1-8-3/h1-6,17H,14H2;1H,7H2. The van der Waals surface area contributed by atoms with Crippen molar-refractivity contribution in [2.75, 3.05) is 11.5 Å². The van der Waals surface area contributed by atoms with Gasteiger partial charge in [-0.05, 0) is 12.1 Å². The highest BCUT2D eigenvalue weighted by Gasteiger charge is 2.27. The fraction of sp³-hybridized carbons (Fsp3) is 0. The van der Waals surface area contributed by atoms with Crippen molar-refractivity contribution in [2.45, 2.75) is 9.79 Å². The van der Waals surface area contributed by atoms with Crippen LogP contribution >= 0.6 is 34.8 Å². The highest BCUT2D eigenvalue weighted by atomic mass is 35.5. The molecule has 0 radical (unpaired) electrons. The second-order valence-corrected chi connectivity index (χ2v) is 8.40. The lowest BCUT2D eigenvalue weighted by Crippen LogP contribution is -2.04. The molecule has 29 heavy (non-hydrogen) atoms. The molecule has 0 fully saturated rings. The van der Waals surface area contributed by atoms with Gasteiger partial charge in [0.15, 0.2) is 15.5 Å². The lowest BCUT2D eigenvalue weighted by molar-refractivity contribution is 0.597. The minimum Gasteiger partial charge on any atom is -0.394 e. The van der Waals surface area contributed by atoms with E-state index >= 15 is 0 Å². The molecule has 0 unspecified atom stereocenters. The number of sulfone groups is 1. The fourth-order valence-electron chi connectivity index (χ4n) is 2.31. The van der Waals surface area contributed by atoms with Crippen molar-refractivity contribution < 1.29 is 8.42 Å². The molecule has 3 heterocycles. The number of nitrogen functional groups attached to an aromatic ring is 2. The SMILES string of the molecule is Nc1[nH]c2c(Cl)ncnc2c1S(=O)(=O)c1ccccc1.Nc1c(Cl)ncnc1Cl. The zero-order valence-corrected chi connectivity index (χ0v) is 17.4. The number of anilines is 2. The third kappa shape index (κ3) is 4.20. The maximum atomic E-state index is 12.6. The molecule has 9 nitrogen and oxygen atoms in total. The first-order valence-corrected chi connectivity index (χ1v) is 10.3. The molecular weight excluding hydrogens is 461 g/mol. The van der Waals surface area contributed by atoms with Crippen LogP contribution in [0, 0.1) is 0 Å². The van der Waals surface area contributed by atoms with Crippen LogP contribution in [0.1, 0.15) is 0 Å². The van der Waals surface area contributed by atoms with E-state index in [1.54, 1.807) is 18.2 Å². The van der Waals surface area contributed by atoms with Gasteiger partial charge >= 0.3 is 0 Å². The third-order valence-corrected chi connectivity index (χ3v) is 6.36. The van der Waals surface area contributed by atoms with E-state index in [9.17, 15) is 8.42 Å². The smallest absolute Gasteiger partial charge is 0.212 e. The van der Waals surface area contributed by atoms with E-state index < -0.39 is 9.84 Å². The Morgan fingerprint density at radius 1 is 0.828 bits per heavy atom. The Morgan fingerprint density at radius 3 is 1.97 bits per heavy atom. The van der Waals surface area contributed by atoms with Gasteiger partial charge in [0.1, 0.15) is 40.1 Å². The topological polar surface area (TPSA) is 154 Å². The molecule has 0 spiro atoms. The van der Waals surface area contributed by atoms with Crippen LogP contribution in [0.3, 0.4) is 0 Å². The van der Waals surface area contributed by atoms with Crippen molar-refractivity contribution >= 4 is 67.2 Å². The van der Waals surface area contributed by atoms with Gasteiger partial charge < -0.3 is 16.5 Å². The Labute approximate surface area is 180 Å². The van der Waals surface area contributed by atoms with Gasteiger partial charge in [0.25, 0.3) is 0 Å². The Bertz CT molecular complexity index is 1260. The van der Waals surface area contributed by atoms with Crippen molar-refractivity contribution in [3.63, 3.8) is 0 Å². The third-order valence-electron chi connectivity index (χ3n) is 3.63. The molecule has 0 bridgehead atoms. The van der Waals surface area contributed by atoms with Crippen molar-refractivity contribution in [1.82, 2.24) is 24.9 Å². The lowest BCUT2D eigenvalue weighted by atomic mass is 10.4. The molecule has 4 aromatic rings. The summed E-state index contributed by atoms with van der Waals surface area (Å²) in [5, 5.41) is 0.501. The highest BCUT2D eigenvalue weighted by Crippen LogP contribution is 2.33. The van der Waals surface area contributed by atoms with Crippen LogP contribution < -0.4 is 11.5 Å². The summed E-state index contributed by atoms with van der Waals surface area (Å²) in [7, 11) is -3.77. The summed E-state index contributed by atoms with van der Waals surface area (Å²) in [6.07, 6.45) is 2.45. The molecule has 0 aliphatic rings. The first kappa shape index (κ1) is 21.1. The first-order chi connectivity index (χ1) is 13.7. The summed E-state index contributed by atoms with van der Waals surface area (Å²) in [6.45, 7) is 0. The summed E-state index contributed by atoms with van der Waals surface area (Å²) in [5.41, 5.74) is 11.8. The average molecular weight is 473 g/mol. The number of H-pyrrole nitrogens is 1. The predicted octanol–water partition coefficient (Wildman–Crippen LogP) is 3.39. The van der Waals surface area contributed by atoms with Crippen LogP contribution in [-0.4, -0.2) is 33.3 Å². The van der Waals surface area contributed by atoms with Gasteiger partial charge in [0.2, 0.25) is 9.84 Å². The molecule has 0 atom stereocenters. The van der Waals surface area contributed by atoms with Gasteiger partial charge in [-0.15, -0.1) is 0 Å².